The molecule has 0 bridgehead atoms. The van der Waals surface area contributed by atoms with Crippen LogP contribution < -0.4 is 5.76 Å². The van der Waals surface area contributed by atoms with E-state index in [4.69, 9.17) is 5.11 Å². The van der Waals surface area contributed by atoms with E-state index in [1.165, 1.54) is 0 Å². The molecular formula is C4H6N2O3. The number of aryl methyl sites for hydroxylation is 1. The van der Waals surface area contributed by atoms with Crippen LogP contribution in [-0.4, -0.2) is 14.8 Å². The molecule has 1 heterocycles. The largest absolute Gasteiger partial charge is 0.478 e. The zero-order valence-corrected chi connectivity index (χ0v) is 4.87. The van der Waals surface area contributed by atoms with Gasteiger partial charge in [-0.15, -0.1) is 4.98 Å². The highest BCUT2D eigenvalue weighted by Crippen LogP contribution is 1.98. The van der Waals surface area contributed by atoms with Gasteiger partial charge in [-0.2, -0.15) is 4.74 Å². The minimum Gasteiger partial charge on any atom is -0.478 e. The average molecular weight is 130 g/mol. The van der Waals surface area contributed by atoms with Gasteiger partial charge in [-0.05, 0) is 6.92 Å². The quantitative estimate of drug-likeness (QED) is 0.559. The minimum atomic E-state index is -0.769. The first kappa shape index (κ1) is 5.87. The molecule has 0 saturated carbocycles. The van der Waals surface area contributed by atoms with Crippen LogP contribution in [0.2, 0.25) is 0 Å². The second-order valence-corrected chi connectivity index (χ2v) is 1.46. The van der Waals surface area contributed by atoms with Crippen LogP contribution in [0.15, 0.2) is 9.32 Å². The Balaban J connectivity index is 3.16. The molecule has 50 valence electrons. The Morgan fingerprint density at radius 1 is 1.89 bits per heavy atom. The summed E-state index contributed by atoms with van der Waals surface area (Å²) < 4.78 is 5.37. The van der Waals surface area contributed by atoms with Gasteiger partial charge in [0.2, 0.25) is 0 Å². The van der Waals surface area contributed by atoms with Crippen LogP contribution in [0.25, 0.3) is 0 Å². The van der Waals surface area contributed by atoms with Gasteiger partial charge in [0, 0.05) is 0 Å². The summed E-state index contributed by atoms with van der Waals surface area (Å²) in [5, 5.41) is 8.69. The van der Waals surface area contributed by atoms with Crippen LogP contribution in [-0.2, 0) is 6.54 Å². The summed E-state index contributed by atoms with van der Waals surface area (Å²) in [6.45, 7) is 2.13. The Bertz CT molecular complexity index is 249. The molecule has 1 aromatic rings. The lowest BCUT2D eigenvalue weighted by molar-refractivity contribution is 0.225. The highest BCUT2D eigenvalue weighted by Gasteiger charge is 2.01. The van der Waals surface area contributed by atoms with Gasteiger partial charge in [0.15, 0.2) is 0 Å². The molecule has 0 radical (unpaired) electrons. The first-order chi connectivity index (χ1) is 4.24. The maximum atomic E-state index is 10.2. The van der Waals surface area contributed by atoms with Gasteiger partial charge in [-0.3, -0.25) is 0 Å². The maximum Gasteiger partial charge on any atom is 0.462 e. The number of hydrogen-bond acceptors (Lipinski definition) is 4. The van der Waals surface area contributed by atoms with E-state index in [9.17, 15) is 4.79 Å². The number of rotatable bonds is 1. The van der Waals surface area contributed by atoms with Crippen molar-refractivity contribution >= 4 is 0 Å². The summed E-state index contributed by atoms with van der Waals surface area (Å²) in [6, 6.07) is -0.373. The van der Waals surface area contributed by atoms with E-state index >= 15 is 0 Å². The van der Waals surface area contributed by atoms with Crippen LogP contribution in [0.1, 0.15) is 6.92 Å². The van der Waals surface area contributed by atoms with Crippen molar-refractivity contribution in [3.8, 4) is 6.01 Å². The fourth-order valence-electron chi connectivity index (χ4n) is 0.499. The fraction of sp³-hybridized carbons (Fsp3) is 0.500. The standard InChI is InChI=1S/C4H6N2O3/c1-2-6-3(7)5-4(8)9-6/h2H2,1H3,(H,5,7,8). The SMILES string of the molecule is CCn1oc(=O)nc1O. The second kappa shape index (κ2) is 1.93. The lowest BCUT2D eigenvalue weighted by atomic mass is 10.8. The number of hydrogen-bond donors (Lipinski definition) is 1. The van der Waals surface area contributed by atoms with E-state index in [2.05, 4.69) is 9.51 Å². The van der Waals surface area contributed by atoms with Crippen LogP contribution in [0.4, 0.5) is 0 Å². The molecule has 0 amide bonds. The van der Waals surface area contributed by atoms with E-state index in [1.54, 1.807) is 6.92 Å². The molecule has 0 spiro atoms. The van der Waals surface area contributed by atoms with Crippen molar-refractivity contribution in [3.05, 3.63) is 10.6 Å². The molecule has 1 aromatic heterocycles. The zero-order chi connectivity index (χ0) is 6.85. The van der Waals surface area contributed by atoms with Crippen molar-refractivity contribution in [1.29, 1.82) is 0 Å². The predicted octanol–water partition coefficient (Wildman–Crippen LogP) is -0.438. The van der Waals surface area contributed by atoms with Crippen LogP contribution in [0, 0.1) is 0 Å². The monoisotopic (exact) mass is 130 g/mol. The van der Waals surface area contributed by atoms with Crippen LogP contribution in [0.5, 0.6) is 6.01 Å². The smallest absolute Gasteiger partial charge is 0.462 e. The van der Waals surface area contributed by atoms with Gasteiger partial charge in [0.05, 0.1) is 6.54 Å². The summed E-state index contributed by atoms with van der Waals surface area (Å²) in [5.41, 5.74) is 0. The first-order valence-corrected chi connectivity index (χ1v) is 2.51. The van der Waals surface area contributed by atoms with E-state index in [0.717, 1.165) is 4.74 Å². The number of aromatic hydroxyl groups is 1. The lowest BCUT2D eigenvalue weighted by Crippen LogP contribution is -1.95. The van der Waals surface area contributed by atoms with Gasteiger partial charge in [0.25, 0.3) is 0 Å². The third kappa shape index (κ3) is 0.933. The van der Waals surface area contributed by atoms with Crippen molar-refractivity contribution in [3.63, 3.8) is 0 Å². The molecule has 0 atom stereocenters. The van der Waals surface area contributed by atoms with E-state index in [0.29, 0.717) is 6.54 Å². The summed E-state index contributed by atoms with van der Waals surface area (Å²) in [7, 11) is 0. The molecule has 5 heteroatoms. The van der Waals surface area contributed by atoms with Crippen molar-refractivity contribution in [2.24, 2.45) is 0 Å². The Kier molecular flexibility index (Phi) is 1.26. The molecule has 0 aliphatic heterocycles. The summed E-state index contributed by atoms with van der Waals surface area (Å²) >= 11 is 0. The van der Waals surface area contributed by atoms with E-state index in [1.807, 2.05) is 0 Å². The van der Waals surface area contributed by atoms with Gasteiger partial charge in [0.1, 0.15) is 0 Å². The number of aromatic nitrogens is 2. The van der Waals surface area contributed by atoms with E-state index < -0.39 is 5.76 Å². The Morgan fingerprint density at radius 3 is 2.78 bits per heavy atom. The third-order valence-electron chi connectivity index (χ3n) is 0.890. The van der Waals surface area contributed by atoms with Crippen molar-refractivity contribution in [2.45, 2.75) is 13.5 Å². The molecule has 0 aliphatic rings. The topological polar surface area (TPSA) is 68.3 Å². The van der Waals surface area contributed by atoms with Gasteiger partial charge in [-0.1, -0.05) is 0 Å². The van der Waals surface area contributed by atoms with Crippen molar-refractivity contribution < 1.29 is 9.63 Å². The lowest BCUT2D eigenvalue weighted by Gasteiger charge is -1.89. The highest BCUT2D eigenvalue weighted by atomic mass is 16.5. The second-order valence-electron chi connectivity index (χ2n) is 1.46. The Hall–Kier alpha value is -1.26. The highest BCUT2D eigenvalue weighted by molar-refractivity contribution is 4.82. The average Bonchev–Trinajstić information content (AvgIpc) is 2.10. The molecule has 0 aliphatic carbocycles. The van der Waals surface area contributed by atoms with Crippen LogP contribution >= 0.6 is 0 Å². The zero-order valence-electron chi connectivity index (χ0n) is 4.87. The normalized spacial score (nSPS) is 9.89. The molecule has 0 saturated heterocycles. The van der Waals surface area contributed by atoms with Crippen molar-refractivity contribution in [1.82, 2.24) is 9.72 Å². The van der Waals surface area contributed by atoms with Gasteiger partial charge < -0.3 is 9.63 Å². The first-order valence-electron chi connectivity index (χ1n) is 2.51. The molecule has 1 rings (SSSR count). The van der Waals surface area contributed by atoms with Gasteiger partial charge >= 0.3 is 11.8 Å². The Morgan fingerprint density at radius 2 is 2.56 bits per heavy atom. The molecule has 5 nitrogen and oxygen atoms in total. The van der Waals surface area contributed by atoms with Crippen molar-refractivity contribution in [2.75, 3.05) is 0 Å². The maximum absolute atomic E-state index is 10.2. The summed E-state index contributed by atoms with van der Waals surface area (Å²) in [6.07, 6.45) is 0. The van der Waals surface area contributed by atoms with Gasteiger partial charge in [-0.25, -0.2) is 4.79 Å². The Labute approximate surface area is 50.5 Å². The molecule has 1 N–H and O–H groups in total. The van der Waals surface area contributed by atoms with E-state index in [-0.39, 0.29) is 6.01 Å². The summed E-state index contributed by atoms with van der Waals surface area (Å²) in [4.78, 5) is 13.3. The fourth-order valence-corrected chi connectivity index (χ4v) is 0.499. The molecule has 0 aromatic carbocycles. The molecular weight excluding hydrogens is 124 g/mol. The van der Waals surface area contributed by atoms with Crippen LogP contribution in [0.3, 0.4) is 0 Å². The predicted molar refractivity (Wildman–Crippen MR) is 28.1 cm³/mol. The molecule has 0 unspecified atom stereocenters. The minimum absolute atomic E-state index is 0.373. The summed E-state index contributed by atoms with van der Waals surface area (Å²) in [5.74, 6) is -0.769. The molecule has 9 heavy (non-hydrogen) atoms. The number of nitrogens with zero attached hydrogens (tertiary/aromatic N) is 2. The molecule has 0 fully saturated rings. The third-order valence-corrected chi connectivity index (χ3v) is 0.890.